The first kappa shape index (κ1) is 18.4. The maximum absolute atomic E-state index is 13.0. The van der Waals surface area contributed by atoms with Crippen molar-refractivity contribution >= 4 is 11.6 Å². The number of anilines is 1. The van der Waals surface area contributed by atoms with Gasteiger partial charge in [0, 0.05) is 37.7 Å². The molecule has 1 fully saturated rings. The molecule has 3 aromatic rings. The highest BCUT2D eigenvalue weighted by molar-refractivity contribution is 5.95. The minimum Gasteiger partial charge on any atom is -0.337 e. The lowest BCUT2D eigenvalue weighted by Crippen LogP contribution is -2.56. The minimum atomic E-state index is 0.141. The van der Waals surface area contributed by atoms with Crippen LogP contribution in [0.15, 0.2) is 67.0 Å². The molecular formula is C23H26N4O. The summed E-state index contributed by atoms with van der Waals surface area (Å²) in [4.78, 5) is 21.6. The van der Waals surface area contributed by atoms with Crippen LogP contribution in [0, 0.1) is 6.92 Å². The summed E-state index contributed by atoms with van der Waals surface area (Å²) < 4.78 is 2.02. The SMILES string of the molecule is Cc1ccc(N2C[C@@H](Cc3ccccc3)N(Cc3nccn3C)CC2=O)cc1. The lowest BCUT2D eigenvalue weighted by atomic mass is 10.0. The van der Waals surface area contributed by atoms with E-state index >= 15 is 0 Å². The van der Waals surface area contributed by atoms with E-state index < -0.39 is 0 Å². The molecule has 2 heterocycles. The predicted octanol–water partition coefficient (Wildman–Crippen LogP) is 3.19. The monoisotopic (exact) mass is 374 g/mol. The van der Waals surface area contributed by atoms with Gasteiger partial charge in [0.05, 0.1) is 13.1 Å². The second-order valence-electron chi connectivity index (χ2n) is 7.54. The van der Waals surface area contributed by atoms with Crippen molar-refractivity contribution in [1.82, 2.24) is 14.5 Å². The summed E-state index contributed by atoms with van der Waals surface area (Å²) in [5, 5.41) is 0. The normalized spacial score (nSPS) is 17.9. The summed E-state index contributed by atoms with van der Waals surface area (Å²) in [6, 6.07) is 19.0. The smallest absolute Gasteiger partial charge is 0.241 e. The first-order valence-corrected chi connectivity index (χ1v) is 9.71. The first-order chi connectivity index (χ1) is 13.6. The third-order valence-corrected chi connectivity index (χ3v) is 5.47. The summed E-state index contributed by atoms with van der Waals surface area (Å²) in [7, 11) is 2.00. The van der Waals surface area contributed by atoms with Gasteiger partial charge in [0.2, 0.25) is 5.91 Å². The third kappa shape index (κ3) is 3.99. The highest BCUT2D eigenvalue weighted by Gasteiger charge is 2.33. The molecule has 0 spiro atoms. The molecule has 0 N–H and O–H groups in total. The number of hydrogen-bond donors (Lipinski definition) is 0. The van der Waals surface area contributed by atoms with E-state index in [0.29, 0.717) is 19.6 Å². The van der Waals surface area contributed by atoms with Crippen molar-refractivity contribution in [3.8, 4) is 0 Å². The molecule has 5 heteroatoms. The van der Waals surface area contributed by atoms with Crippen LogP contribution in [0.25, 0.3) is 0 Å². The third-order valence-electron chi connectivity index (χ3n) is 5.47. The van der Waals surface area contributed by atoms with Gasteiger partial charge in [-0.3, -0.25) is 9.69 Å². The molecule has 1 saturated heterocycles. The Bertz CT molecular complexity index is 933. The van der Waals surface area contributed by atoms with Crippen LogP contribution in [0.2, 0.25) is 0 Å². The van der Waals surface area contributed by atoms with Crippen molar-refractivity contribution in [2.45, 2.75) is 25.9 Å². The van der Waals surface area contributed by atoms with Crippen LogP contribution in [-0.2, 0) is 24.8 Å². The van der Waals surface area contributed by atoms with Gasteiger partial charge in [0.1, 0.15) is 5.82 Å². The molecule has 1 aliphatic heterocycles. The maximum Gasteiger partial charge on any atom is 0.241 e. The zero-order valence-corrected chi connectivity index (χ0v) is 16.5. The number of aryl methyl sites for hydroxylation is 2. The van der Waals surface area contributed by atoms with Crippen molar-refractivity contribution in [3.05, 3.63) is 83.9 Å². The number of amides is 1. The van der Waals surface area contributed by atoms with Gasteiger partial charge in [-0.15, -0.1) is 0 Å². The lowest BCUT2D eigenvalue weighted by molar-refractivity contribution is -0.122. The molecule has 1 aliphatic rings. The number of imidazole rings is 1. The van der Waals surface area contributed by atoms with Crippen LogP contribution in [0.1, 0.15) is 17.0 Å². The second-order valence-corrected chi connectivity index (χ2v) is 7.54. The molecule has 1 aromatic heterocycles. The van der Waals surface area contributed by atoms with Crippen LogP contribution in [0.4, 0.5) is 5.69 Å². The minimum absolute atomic E-state index is 0.141. The molecule has 4 rings (SSSR count). The van der Waals surface area contributed by atoms with Gasteiger partial charge in [0.15, 0.2) is 0 Å². The number of piperazine rings is 1. The fourth-order valence-corrected chi connectivity index (χ4v) is 3.79. The Balaban J connectivity index is 1.59. The summed E-state index contributed by atoms with van der Waals surface area (Å²) in [5.74, 6) is 1.12. The van der Waals surface area contributed by atoms with Gasteiger partial charge >= 0.3 is 0 Å². The van der Waals surface area contributed by atoms with E-state index in [4.69, 9.17) is 0 Å². The standard InChI is InChI=1S/C23H26N4O/c1-18-8-10-20(11-9-18)27-15-21(14-19-6-4-3-5-7-19)26(17-23(27)28)16-22-24-12-13-25(22)2/h3-13,21H,14-17H2,1-2H3/t21-/m1/s1. The van der Waals surface area contributed by atoms with E-state index in [2.05, 4.69) is 53.2 Å². The second kappa shape index (κ2) is 7.98. The van der Waals surface area contributed by atoms with Crippen LogP contribution < -0.4 is 4.90 Å². The molecule has 144 valence electrons. The molecule has 5 nitrogen and oxygen atoms in total. The Labute approximate surface area is 166 Å². The first-order valence-electron chi connectivity index (χ1n) is 9.71. The Kier molecular flexibility index (Phi) is 5.26. The summed E-state index contributed by atoms with van der Waals surface area (Å²) in [5.41, 5.74) is 3.46. The molecule has 1 atom stereocenters. The van der Waals surface area contributed by atoms with Crippen LogP contribution in [-0.4, -0.2) is 39.5 Å². The van der Waals surface area contributed by atoms with Crippen LogP contribution >= 0.6 is 0 Å². The average Bonchev–Trinajstić information content (AvgIpc) is 3.10. The van der Waals surface area contributed by atoms with Gasteiger partial charge in [0.25, 0.3) is 0 Å². The highest BCUT2D eigenvalue weighted by Crippen LogP contribution is 2.24. The van der Waals surface area contributed by atoms with Crippen LogP contribution in [0.5, 0.6) is 0 Å². The number of rotatable bonds is 5. The molecule has 0 unspecified atom stereocenters. The molecule has 0 saturated carbocycles. The lowest BCUT2D eigenvalue weighted by Gasteiger charge is -2.41. The Morgan fingerprint density at radius 3 is 2.50 bits per heavy atom. The fraction of sp³-hybridized carbons (Fsp3) is 0.304. The van der Waals surface area contributed by atoms with Crippen molar-refractivity contribution in [3.63, 3.8) is 0 Å². The molecule has 0 aliphatic carbocycles. The Morgan fingerprint density at radius 2 is 1.82 bits per heavy atom. The van der Waals surface area contributed by atoms with Gasteiger partial charge in [-0.1, -0.05) is 48.0 Å². The number of aromatic nitrogens is 2. The van der Waals surface area contributed by atoms with E-state index in [0.717, 1.165) is 17.9 Å². The topological polar surface area (TPSA) is 41.4 Å². The molecule has 28 heavy (non-hydrogen) atoms. The van der Waals surface area contributed by atoms with Crippen molar-refractivity contribution < 1.29 is 4.79 Å². The highest BCUT2D eigenvalue weighted by atomic mass is 16.2. The quantitative estimate of drug-likeness (QED) is 0.689. The van der Waals surface area contributed by atoms with E-state index in [1.807, 2.05) is 47.1 Å². The van der Waals surface area contributed by atoms with E-state index in [1.54, 1.807) is 0 Å². The molecular weight excluding hydrogens is 348 g/mol. The number of benzene rings is 2. The number of nitrogens with zero attached hydrogens (tertiary/aromatic N) is 4. The van der Waals surface area contributed by atoms with E-state index in [1.165, 1.54) is 11.1 Å². The molecule has 0 bridgehead atoms. The van der Waals surface area contributed by atoms with Gasteiger partial charge in [-0.25, -0.2) is 4.98 Å². The zero-order valence-electron chi connectivity index (χ0n) is 16.5. The fourth-order valence-electron chi connectivity index (χ4n) is 3.79. The zero-order chi connectivity index (χ0) is 19.5. The Hall–Kier alpha value is -2.92. The number of carbonyl (C=O) groups excluding carboxylic acids is 1. The molecule has 2 aromatic carbocycles. The summed E-state index contributed by atoms with van der Waals surface area (Å²) >= 11 is 0. The van der Waals surface area contributed by atoms with E-state index in [9.17, 15) is 4.79 Å². The molecule has 1 amide bonds. The maximum atomic E-state index is 13.0. The van der Waals surface area contributed by atoms with Crippen molar-refractivity contribution in [2.24, 2.45) is 7.05 Å². The Morgan fingerprint density at radius 1 is 1.07 bits per heavy atom. The summed E-state index contributed by atoms with van der Waals surface area (Å²) in [6.45, 7) is 3.82. The van der Waals surface area contributed by atoms with Crippen molar-refractivity contribution in [2.75, 3.05) is 18.0 Å². The molecule has 0 radical (unpaired) electrons. The van der Waals surface area contributed by atoms with E-state index in [-0.39, 0.29) is 11.9 Å². The van der Waals surface area contributed by atoms with Gasteiger partial charge < -0.3 is 9.47 Å². The van der Waals surface area contributed by atoms with Crippen molar-refractivity contribution in [1.29, 1.82) is 0 Å². The number of carbonyl (C=O) groups is 1. The average molecular weight is 374 g/mol. The number of hydrogen-bond acceptors (Lipinski definition) is 3. The van der Waals surface area contributed by atoms with Crippen LogP contribution in [0.3, 0.4) is 0 Å². The predicted molar refractivity (Wildman–Crippen MR) is 111 cm³/mol. The largest absolute Gasteiger partial charge is 0.337 e. The van der Waals surface area contributed by atoms with Gasteiger partial charge in [-0.05, 0) is 31.0 Å². The summed E-state index contributed by atoms with van der Waals surface area (Å²) in [6.07, 6.45) is 4.67. The van der Waals surface area contributed by atoms with Gasteiger partial charge in [-0.2, -0.15) is 0 Å².